The molecule has 106 valence electrons. The molecule has 1 N–H and O–H groups in total. The van der Waals surface area contributed by atoms with Gasteiger partial charge in [0.1, 0.15) is 12.4 Å². The summed E-state index contributed by atoms with van der Waals surface area (Å²) in [4.78, 5) is 4.14. The van der Waals surface area contributed by atoms with Crippen molar-refractivity contribution in [2.45, 2.75) is 27.0 Å². The molecule has 0 fully saturated rings. The number of benzene rings is 1. The van der Waals surface area contributed by atoms with Gasteiger partial charge in [-0.15, -0.1) is 0 Å². The van der Waals surface area contributed by atoms with Crippen molar-refractivity contribution in [1.29, 1.82) is 0 Å². The molecular weight excluding hydrogens is 316 g/mol. The van der Waals surface area contributed by atoms with E-state index in [4.69, 9.17) is 4.74 Å². The highest BCUT2D eigenvalue weighted by Gasteiger charge is 2.05. The maximum Gasteiger partial charge on any atom is 0.124 e. The number of hydrogen-bond donors (Lipinski definition) is 1. The van der Waals surface area contributed by atoms with Crippen LogP contribution in [0.15, 0.2) is 41.1 Å². The molecule has 4 heteroatoms. The van der Waals surface area contributed by atoms with Gasteiger partial charge < -0.3 is 10.1 Å². The third-order valence-corrected chi connectivity index (χ3v) is 3.37. The Bertz CT molecular complexity index is 572. The minimum atomic E-state index is 0.522. The van der Waals surface area contributed by atoms with Crippen LogP contribution < -0.4 is 10.1 Å². The quantitative estimate of drug-likeness (QED) is 0.871. The van der Waals surface area contributed by atoms with Gasteiger partial charge in [0.15, 0.2) is 0 Å². The predicted octanol–water partition coefficient (Wildman–Crippen LogP) is 3.84. The molecule has 0 saturated carbocycles. The highest BCUT2D eigenvalue weighted by molar-refractivity contribution is 9.10. The summed E-state index contributed by atoms with van der Waals surface area (Å²) in [7, 11) is 0. The third kappa shape index (κ3) is 4.32. The van der Waals surface area contributed by atoms with Gasteiger partial charge in [-0.2, -0.15) is 0 Å². The number of hydrogen-bond acceptors (Lipinski definition) is 3. The lowest BCUT2D eigenvalue weighted by atomic mass is 10.1. The molecule has 2 aromatic rings. The average Bonchev–Trinajstić information content (AvgIpc) is 2.44. The first kappa shape index (κ1) is 15.0. The number of halogens is 1. The molecule has 0 radical (unpaired) electrons. The summed E-state index contributed by atoms with van der Waals surface area (Å²) in [6, 6.07) is 8.29. The number of aryl methyl sites for hydroxylation is 1. The highest BCUT2D eigenvalue weighted by atomic mass is 79.9. The Hall–Kier alpha value is -1.39. The summed E-state index contributed by atoms with van der Waals surface area (Å²) in [6.07, 6.45) is 3.59. The maximum atomic E-state index is 5.93. The Labute approximate surface area is 128 Å². The smallest absolute Gasteiger partial charge is 0.124 e. The van der Waals surface area contributed by atoms with Crippen LogP contribution in [0.4, 0.5) is 0 Å². The number of aromatic nitrogens is 1. The number of rotatable bonds is 6. The van der Waals surface area contributed by atoms with Crippen molar-refractivity contribution in [3.8, 4) is 5.75 Å². The second-order valence-corrected chi connectivity index (χ2v) is 5.61. The van der Waals surface area contributed by atoms with Crippen LogP contribution in [0.5, 0.6) is 5.75 Å². The monoisotopic (exact) mass is 334 g/mol. The van der Waals surface area contributed by atoms with Gasteiger partial charge in [-0.1, -0.05) is 24.6 Å². The fourth-order valence-electron chi connectivity index (χ4n) is 1.94. The van der Waals surface area contributed by atoms with Crippen molar-refractivity contribution in [1.82, 2.24) is 10.3 Å². The van der Waals surface area contributed by atoms with Crippen molar-refractivity contribution in [3.05, 3.63) is 57.8 Å². The van der Waals surface area contributed by atoms with Crippen LogP contribution in [0.3, 0.4) is 0 Å². The summed E-state index contributed by atoms with van der Waals surface area (Å²) in [5.74, 6) is 0.927. The second-order valence-electron chi connectivity index (χ2n) is 4.69. The molecule has 0 aliphatic rings. The van der Waals surface area contributed by atoms with Crippen LogP contribution in [0.25, 0.3) is 0 Å². The molecule has 3 nitrogen and oxygen atoms in total. The first-order valence-electron chi connectivity index (χ1n) is 6.71. The van der Waals surface area contributed by atoms with Crippen LogP contribution in [-0.4, -0.2) is 11.5 Å². The molecule has 0 saturated heterocycles. The van der Waals surface area contributed by atoms with E-state index in [0.29, 0.717) is 6.61 Å². The van der Waals surface area contributed by atoms with Gasteiger partial charge in [-0.05, 0) is 41.5 Å². The van der Waals surface area contributed by atoms with Crippen LogP contribution in [0.1, 0.15) is 23.6 Å². The van der Waals surface area contributed by atoms with Crippen molar-refractivity contribution in [2.75, 3.05) is 6.54 Å². The van der Waals surface area contributed by atoms with E-state index in [1.807, 2.05) is 18.3 Å². The summed E-state index contributed by atoms with van der Waals surface area (Å²) in [6.45, 7) is 6.49. The molecule has 1 aromatic heterocycles. The van der Waals surface area contributed by atoms with E-state index in [2.05, 4.69) is 52.2 Å². The Morgan fingerprint density at radius 1 is 1.25 bits per heavy atom. The lowest BCUT2D eigenvalue weighted by molar-refractivity contribution is 0.301. The van der Waals surface area contributed by atoms with Crippen LogP contribution >= 0.6 is 15.9 Å². The van der Waals surface area contributed by atoms with E-state index >= 15 is 0 Å². The normalized spacial score (nSPS) is 10.6. The van der Waals surface area contributed by atoms with Crippen molar-refractivity contribution in [2.24, 2.45) is 0 Å². The van der Waals surface area contributed by atoms with Gasteiger partial charge in [-0.25, -0.2) is 0 Å². The minimum Gasteiger partial charge on any atom is -0.489 e. The zero-order valence-corrected chi connectivity index (χ0v) is 13.4. The van der Waals surface area contributed by atoms with Crippen LogP contribution in [0, 0.1) is 6.92 Å². The molecule has 0 amide bonds. The van der Waals surface area contributed by atoms with Gasteiger partial charge in [-0.3, -0.25) is 4.98 Å². The Morgan fingerprint density at radius 3 is 2.85 bits per heavy atom. The molecule has 0 atom stereocenters. The van der Waals surface area contributed by atoms with E-state index < -0.39 is 0 Å². The molecule has 2 rings (SSSR count). The molecule has 1 aromatic carbocycles. The van der Waals surface area contributed by atoms with Gasteiger partial charge >= 0.3 is 0 Å². The summed E-state index contributed by atoms with van der Waals surface area (Å²) >= 11 is 3.42. The molecule has 1 heterocycles. The van der Waals surface area contributed by atoms with Crippen LogP contribution in [-0.2, 0) is 13.2 Å². The number of nitrogens with zero attached hydrogens (tertiary/aromatic N) is 1. The van der Waals surface area contributed by atoms with E-state index in [-0.39, 0.29) is 0 Å². The van der Waals surface area contributed by atoms with Crippen molar-refractivity contribution in [3.63, 3.8) is 0 Å². The van der Waals surface area contributed by atoms with E-state index in [1.54, 1.807) is 6.20 Å². The van der Waals surface area contributed by atoms with Gasteiger partial charge in [0.05, 0.1) is 0 Å². The first-order chi connectivity index (χ1) is 9.69. The number of pyridine rings is 1. The van der Waals surface area contributed by atoms with Crippen molar-refractivity contribution >= 4 is 15.9 Å². The summed E-state index contributed by atoms with van der Waals surface area (Å²) in [5, 5.41) is 3.34. The second kappa shape index (κ2) is 7.41. The maximum absolute atomic E-state index is 5.93. The Balaban J connectivity index is 2.08. The average molecular weight is 335 g/mol. The zero-order chi connectivity index (χ0) is 14.4. The lowest BCUT2D eigenvalue weighted by Gasteiger charge is -2.13. The molecule has 0 spiro atoms. The molecule has 20 heavy (non-hydrogen) atoms. The van der Waals surface area contributed by atoms with E-state index in [1.165, 1.54) is 11.1 Å². The summed E-state index contributed by atoms with van der Waals surface area (Å²) in [5.41, 5.74) is 3.48. The number of ether oxygens (including phenoxy) is 1. The third-order valence-electron chi connectivity index (χ3n) is 2.94. The standard InChI is InChI=1S/C16H19BrN2O/c1-3-18-9-14-6-12(2)4-5-16(14)20-11-13-7-15(17)10-19-8-13/h4-8,10,18H,3,9,11H2,1-2H3. The Kier molecular flexibility index (Phi) is 5.56. The largest absolute Gasteiger partial charge is 0.489 e. The highest BCUT2D eigenvalue weighted by Crippen LogP contribution is 2.21. The van der Waals surface area contributed by atoms with Crippen LogP contribution in [0.2, 0.25) is 0 Å². The van der Waals surface area contributed by atoms with Gasteiger partial charge in [0.2, 0.25) is 0 Å². The summed E-state index contributed by atoms with van der Waals surface area (Å²) < 4.78 is 6.90. The van der Waals surface area contributed by atoms with E-state index in [0.717, 1.165) is 28.9 Å². The lowest BCUT2D eigenvalue weighted by Crippen LogP contribution is -2.13. The van der Waals surface area contributed by atoms with Crippen molar-refractivity contribution < 1.29 is 4.74 Å². The molecule has 0 aliphatic carbocycles. The Morgan fingerprint density at radius 2 is 2.10 bits per heavy atom. The zero-order valence-electron chi connectivity index (χ0n) is 11.8. The van der Waals surface area contributed by atoms with Gasteiger partial charge in [0.25, 0.3) is 0 Å². The predicted molar refractivity (Wildman–Crippen MR) is 84.8 cm³/mol. The molecular formula is C16H19BrN2O. The number of nitrogens with one attached hydrogen (secondary N) is 1. The first-order valence-corrected chi connectivity index (χ1v) is 7.51. The fourth-order valence-corrected chi connectivity index (χ4v) is 2.35. The molecule has 0 aliphatic heterocycles. The SMILES string of the molecule is CCNCc1cc(C)ccc1OCc1cncc(Br)c1. The fraction of sp³-hybridized carbons (Fsp3) is 0.312. The minimum absolute atomic E-state index is 0.522. The van der Waals surface area contributed by atoms with E-state index in [9.17, 15) is 0 Å². The topological polar surface area (TPSA) is 34.1 Å². The van der Waals surface area contributed by atoms with Gasteiger partial charge in [0, 0.05) is 34.5 Å². The molecule has 0 bridgehead atoms. The molecule has 0 unspecified atom stereocenters.